The number of benzene rings is 1. The Morgan fingerprint density at radius 1 is 1.21 bits per heavy atom. The van der Waals surface area contributed by atoms with Crippen LogP contribution >= 0.6 is 0 Å². The van der Waals surface area contributed by atoms with Gasteiger partial charge in [-0.15, -0.1) is 0 Å². The van der Waals surface area contributed by atoms with E-state index in [1.165, 1.54) is 36.8 Å². The Labute approximate surface area is 176 Å². The number of amides is 1. The van der Waals surface area contributed by atoms with E-state index in [9.17, 15) is 4.79 Å². The van der Waals surface area contributed by atoms with E-state index in [-0.39, 0.29) is 5.91 Å². The molecule has 5 heteroatoms. The first kappa shape index (κ1) is 22.0. The average Bonchev–Trinajstić information content (AvgIpc) is 2.75. The van der Waals surface area contributed by atoms with E-state index >= 15 is 0 Å². The number of rotatable bonds is 10. The Balaban J connectivity index is 1.51. The standard InChI is InChI=1S/C24H37N3O2/c1-21(18-26-14-16-29-17-15-26)27(19-23-10-6-3-7-11-23)20-24(28)25-13-12-22-8-4-2-5-9-22/h3,6-8,10-11,21H,2,4-5,9,12-20H2,1H3,(H,25,28). The second-order valence-electron chi connectivity index (χ2n) is 8.36. The first-order chi connectivity index (χ1) is 14.2. The van der Waals surface area contributed by atoms with Gasteiger partial charge in [0.25, 0.3) is 0 Å². The molecule has 1 amide bonds. The predicted octanol–water partition coefficient (Wildman–Crippen LogP) is 3.22. The lowest BCUT2D eigenvalue weighted by Gasteiger charge is -2.34. The second-order valence-corrected chi connectivity index (χ2v) is 8.36. The molecule has 0 aromatic heterocycles. The highest BCUT2D eigenvalue weighted by atomic mass is 16.5. The predicted molar refractivity (Wildman–Crippen MR) is 118 cm³/mol. The van der Waals surface area contributed by atoms with Crippen LogP contribution in [0.1, 0.15) is 44.6 Å². The average molecular weight is 400 g/mol. The highest BCUT2D eigenvalue weighted by molar-refractivity contribution is 5.78. The molecular weight excluding hydrogens is 362 g/mol. The third-order valence-electron chi connectivity index (χ3n) is 5.98. The molecule has 0 saturated carbocycles. The summed E-state index contributed by atoms with van der Waals surface area (Å²) < 4.78 is 5.47. The Bertz CT molecular complexity index is 641. The summed E-state index contributed by atoms with van der Waals surface area (Å²) in [5, 5.41) is 3.15. The van der Waals surface area contributed by atoms with Gasteiger partial charge in [0.2, 0.25) is 5.91 Å². The van der Waals surface area contributed by atoms with E-state index in [0.717, 1.165) is 52.4 Å². The molecule has 0 bridgehead atoms. The quantitative estimate of drug-likeness (QED) is 0.614. The van der Waals surface area contributed by atoms with Crippen LogP contribution in [0, 0.1) is 0 Å². The van der Waals surface area contributed by atoms with Crippen molar-refractivity contribution in [1.29, 1.82) is 0 Å². The highest BCUT2D eigenvalue weighted by Gasteiger charge is 2.21. The van der Waals surface area contributed by atoms with E-state index in [1.807, 2.05) is 6.07 Å². The van der Waals surface area contributed by atoms with Crippen molar-refractivity contribution in [2.45, 2.75) is 51.6 Å². The molecule has 0 radical (unpaired) electrons. The van der Waals surface area contributed by atoms with Gasteiger partial charge in [0, 0.05) is 38.8 Å². The molecule has 0 spiro atoms. The molecule has 3 rings (SSSR count). The number of hydrogen-bond donors (Lipinski definition) is 1. The number of carbonyl (C=O) groups excluding carboxylic acids is 1. The molecule has 5 nitrogen and oxygen atoms in total. The fourth-order valence-electron chi connectivity index (χ4n) is 4.19. The Kier molecular flexibility index (Phi) is 9.19. The van der Waals surface area contributed by atoms with Gasteiger partial charge in [-0.3, -0.25) is 14.6 Å². The number of hydrogen-bond acceptors (Lipinski definition) is 4. The van der Waals surface area contributed by atoms with Crippen LogP contribution in [-0.2, 0) is 16.1 Å². The molecule has 1 aromatic carbocycles. The molecule has 1 aromatic rings. The first-order valence-corrected chi connectivity index (χ1v) is 11.2. The van der Waals surface area contributed by atoms with Crippen molar-refractivity contribution < 1.29 is 9.53 Å². The molecule has 1 aliphatic carbocycles. The van der Waals surface area contributed by atoms with Crippen molar-refractivity contribution in [3.8, 4) is 0 Å². The Morgan fingerprint density at radius 3 is 2.72 bits per heavy atom. The molecule has 1 heterocycles. The van der Waals surface area contributed by atoms with E-state index < -0.39 is 0 Å². The summed E-state index contributed by atoms with van der Waals surface area (Å²) in [4.78, 5) is 17.4. The van der Waals surface area contributed by atoms with Gasteiger partial charge < -0.3 is 10.1 Å². The largest absolute Gasteiger partial charge is 0.379 e. The number of ether oxygens (including phenoxy) is 1. The van der Waals surface area contributed by atoms with Gasteiger partial charge in [-0.05, 0) is 44.6 Å². The molecule has 160 valence electrons. The van der Waals surface area contributed by atoms with Crippen molar-refractivity contribution in [3.05, 3.63) is 47.5 Å². The number of morpholine rings is 1. The summed E-state index contributed by atoms with van der Waals surface area (Å²) in [7, 11) is 0. The number of nitrogens with one attached hydrogen (secondary N) is 1. The van der Waals surface area contributed by atoms with Crippen molar-refractivity contribution >= 4 is 5.91 Å². The smallest absolute Gasteiger partial charge is 0.234 e. The molecular formula is C24H37N3O2. The summed E-state index contributed by atoms with van der Waals surface area (Å²) in [6.07, 6.45) is 8.37. The van der Waals surface area contributed by atoms with Crippen LogP contribution in [0.15, 0.2) is 42.0 Å². The number of allylic oxidation sites excluding steroid dienone is 1. The maximum Gasteiger partial charge on any atom is 0.234 e. The van der Waals surface area contributed by atoms with E-state index in [0.29, 0.717) is 12.6 Å². The molecule has 1 unspecified atom stereocenters. The maximum absolute atomic E-state index is 12.7. The van der Waals surface area contributed by atoms with Crippen LogP contribution in [0.4, 0.5) is 0 Å². The molecule has 2 aliphatic rings. The van der Waals surface area contributed by atoms with Crippen molar-refractivity contribution in [2.24, 2.45) is 0 Å². The molecule has 29 heavy (non-hydrogen) atoms. The molecule has 1 aliphatic heterocycles. The van der Waals surface area contributed by atoms with Crippen LogP contribution in [-0.4, -0.2) is 67.7 Å². The van der Waals surface area contributed by atoms with Gasteiger partial charge in [-0.2, -0.15) is 0 Å². The normalized spacial score (nSPS) is 19.0. The molecule has 1 fully saturated rings. The Hall–Kier alpha value is -1.69. The third-order valence-corrected chi connectivity index (χ3v) is 5.98. The van der Waals surface area contributed by atoms with E-state index in [2.05, 4.69) is 52.4 Å². The Morgan fingerprint density at radius 2 is 2.00 bits per heavy atom. The topological polar surface area (TPSA) is 44.8 Å². The van der Waals surface area contributed by atoms with Crippen molar-refractivity contribution in [3.63, 3.8) is 0 Å². The summed E-state index contributed by atoms with van der Waals surface area (Å²) in [6, 6.07) is 10.8. The van der Waals surface area contributed by atoms with Crippen LogP contribution < -0.4 is 5.32 Å². The van der Waals surface area contributed by atoms with Gasteiger partial charge in [-0.25, -0.2) is 0 Å². The lowest BCUT2D eigenvalue weighted by atomic mass is 9.97. The maximum atomic E-state index is 12.7. The van der Waals surface area contributed by atoms with Crippen LogP contribution in [0.3, 0.4) is 0 Å². The van der Waals surface area contributed by atoms with Gasteiger partial charge in [0.05, 0.1) is 19.8 Å². The third kappa shape index (κ3) is 7.92. The lowest BCUT2D eigenvalue weighted by Crippen LogP contribution is -2.48. The molecule has 1 atom stereocenters. The van der Waals surface area contributed by atoms with Gasteiger partial charge in [0.1, 0.15) is 0 Å². The number of carbonyl (C=O) groups is 1. The zero-order valence-corrected chi connectivity index (χ0v) is 17.9. The minimum absolute atomic E-state index is 0.131. The van der Waals surface area contributed by atoms with Crippen molar-refractivity contribution in [2.75, 3.05) is 45.9 Å². The minimum Gasteiger partial charge on any atom is -0.379 e. The minimum atomic E-state index is 0.131. The molecule has 1 saturated heterocycles. The highest BCUT2D eigenvalue weighted by Crippen LogP contribution is 2.19. The zero-order chi connectivity index (χ0) is 20.3. The number of nitrogens with zero attached hydrogens (tertiary/aromatic N) is 2. The summed E-state index contributed by atoms with van der Waals surface area (Å²) in [5.74, 6) is 0.131. The second kappa shape index (κ2) is 12.1. The zero-order valence-electron chi connectivity index (χ0n) is 17.9. The van der Waals surface area contributed by atoms with E-state index in [1.54, 1.807) is 0 Å². The summed E-state index contributed by atoms with van der Waals surface area (Å²) in [6.45, 7) is 8.76. The summed E-state index contributed by atoms with van der Waals surface area (Å²) >= 11 is 0. The van der Waals surface area contributed by atoms with Crippen LogP contribution in [0.5, 0.6) is 0 Å². The molecule has 1 N–H and O–H groups in total. The monoisotopic (exact) mass is 399 g/mol. The fraction of sp³-hybridized carbons (Fsp3) is 0.625. The summed E-state index contributed by atoms with van der Waals surface area (Å²) in [5.41, 5.74) is 2.76. The van der Waals surface area contributed by atoms with E-state index in [4.69, 9.17) is 4.74 Å². The van der Waals surface area contributed by atoms with Gasteiger partial charge in [0.15, 0.2) is 0 Å². The van der Waals surface area contributed by atoms with Crippen LogP contribution in [0.25, 0.3) is 0 Å². The SMILES string of the molecule is CC(CN1CCOCC1)N(CC(=O)NCCC1=CCCCC1)Cc1ccccc1. The van der Waals surface area contributed by atoms with Gasteiger partial charge >= 0.3 is 0 Å². The first-order valence-electron chi connectivity index (χ1n) is 11.2. The van der Waals surface area contributed by atoms with Gasteiger partial charge in [-0.1, -0.05) is 42.0 Å². The fourth-order valence-corrected chi connectivity index (χ4v) is 4.19. The van der Waals surface area contributed by atoms with Crippen molar-refractivity contribution in [1.82, 2.24) is 15.1 Å². The lowest BCUT2D eigenvalue weighted by molar-refractivity contribution is -0.123. The van der Waals surface area contributed by atoms with Crippen LogP contribution in [0.2, 0.25) is 0 Å².